The van der Waals surface area contributed by atoms with E-state index in [1.54, 1.807) is 6.92 Å². The largest absolute Gasteiger partial charge is 0.507 e. The van der Waals surface area contributed by atoms with Crippen LogP contribution in [0.4, 0.5) is 0 Å². The minimum Gasteiger partial charge on any atom is -0.507 e. The summed E-state index contributed by atoms with van der Waals surface area (Å²) in [5, 5.41) is 130. The summed E-state index contributed by atoms with van der Waals surface area (Å²) in [6.07, 6.45) is -17.8. The normalized spacial score (nSPS) is 37.7. The van der Waals surface area contributed by atoms with Gasteiger partial charge in [0.2, 0.25) is 11.6 Å². The minimum absolute atomic E-state index is 0.0173. The molecular weight excluding hydrogens is 834 g/mol. The number of aliphatic hydroxyl groups excluding tert-OH is 10. The Balaban J connectivity index is 0.000000238. The highest BCUT2D eigenvalue weighted by molar-refractivity contribution is 6.31. The van der Waals surface area contributed by atoms with Crippen molar-refractivity contribution in [3.8, 4) is 17.2 Å². The number of carbonyl (C=O) groups excluding carboxylic acids is 3. The Morgan fingerprint density at radius 1 is 0.855 bits per heavy atom. The number of carbonyl (C=O) groups is 3. The number of Topliss-reactive ketones (excluding diaryl/α,β-unsaturated/α-hetero) is 1. The zero-order valence-corrected chi connectivity index (χ0v) is 33.3. The molecule has 2 aromatic carbocycles. The molecule has 0 radical (unpaired) electrons. The van der Waals surface area contributed by atoms with Crippen molar-refractivity contribution in [2.75, 3.05) is 33.5 Å². The number of aromatic hydroxyl groups is 2. The highest BCUT2D eigenvalue weighted by Crippen LogP contribution is 2.52. The highest BCUT2D eigenvalue weighted by Gasteiger charge is 2.58. The highest BCUT2D eigenvalue weighted by atomic mass is 16.8. The van der Waals surface area contributed by atoms with Crippen LogP contribution in [0.25, 0.3) is 0 Å². The number of hydrogen-bond acceptors (Lipinski definition) is 23. The van der Waals surface area contributed by atoms with Gasteiger partial charge in [-0.3, -0.25) is 14.4 Å². The Hall–Kier alpha value is -3.83. The lowest BCUT2D eigenvalue weighted by molar-refractivity contribution is -0.383. The smallest absolute Gasteiger partial charge is 0.224 e. The van der Waals surface area contributed by atoms with Gasteiger partial charge in [0, 0.05) is 42.0 Å². The van der Waals surface area contributed by atoms with Gasteiger partial charge in [-0.25, -0.2) is 0 Å². The summed E-state index contributed by atoms with van der Waals surface area (Å²) >= 11 is 0. The van der Waals surface area contributed by atoms with Gasteiger partial charge in [-0.05, 0) is 13.0 Å². The first-order valence-corrected chi connectivity index (χ1v) is 19.5. The van der Waals surface area contributed by atoms with Crippen molar-refractivity contribution in [1.29, 1.82) is 0 Å². The predicted octanol–water partition coefficient (Wildman–Crippen LogP) is -5.39. The second kappa shape index (κ2) is 18.3. The number of aliphatic hydroxyl groups is 11. The van der Waals surface area contributed by atoms with Crippen LogP contribution in [0.5, 0.6) is 17.2 Å². The van der Waals surface area contributed by atoms with Gasteiger partial charge in [-0.15, -0.1) is 0 Å². The standard InChI is InChI=1S/C27H29NO11.C12H22O11/c1-10-22(31)13(28)6-17(38-10)39-15-8-27(36,16(30)9-29)7-12-19(15)26(35)21-20(24(12)33)23(32)11-4-3-5-14(37-2)18(11)25(21)34;13-1-4-6(16)8(18)9(19)11(21-4)23-12(3-15)10(20)7(17)5(2-14)22-12/h3-5,10,13,15,17,22,29,31,33,35-36H,6-9,28H2,1-2H3;4-11,13-20H,1-3H2/t10-,13-,15-,17-,22+,27-;4-,5-,6-,7-,8+,9-,10+,11-,12+/m01/s1. The molecule has 0 unspecified atom stereocenters. The summed E-state index contributed by atoms with van der Waals surface area (Å²) in [5.74, 6) is -6.00. The molecule has 2 aromatic rings. The molecular formula is C39H51NO22. The van der Waals surface area contributed by atoms with Gasteiger partial charge in [-0.2, -0.15) is 0 Å². The van der Waals surface area contributed by atoms with Crippen molar-refractivity contribution in [2.24, 2.45) is 5.73 Å². The van der Waals surface area contributed by atoms with E-state index in [9.17, 15) is 70.6 Å². The Kier molecular flexibility index (Phi) is 14.1. The molecule has 5 aliphatic rings. The first-order valence-electron chi connectivity index (χ1n) is 19.5. The Morgan fingerprint density at radius 2 is 1.52 bits per heavy atom. The van der Waals surface area contributed by atoms with E-state index >= 15 is 0 Å². The van der Waals surface area contributed by atoms with Crippen molar-refractivity contribution in [1.82, 2.24) is 0 Å². The number of phenolic OH excluding ortho intramolecular Hbond substituents is 2. The average Bonchev–Trinajstić information content (AvgIpc) is 3.50. The van der Waals surface area contributed by atoms with Crippen LogP contribution in [0.3, 0.4) is 0 Å². The quantitative estimate of drug-likeness (QED) is 0.0845. The molecule has 23 heteroatoms. The van der Waals surface area contributed by atoms with Crippen LogP contribution in [0.2, 0.25) is 0 Å². The van der Waals surface area contributed by atoms with E-state index < -0.39 is 170 Å². The average molecular weight is 886 g/mol. The van der Waals surface area contributed by atoms with Gasteiger partial charge in [0.25, 0.3) is 0 Å². The Bertz CT molecular complexity index is 2000. The maximum atomic E-state index is 13.6. The van der Waals surface area contributed by atoms with E-state index in [2.05, 4.69) is 0 Å². The molecule has 0 spiro atoms. The summed E-state index contributed by atoms with van der Waals surface area (Å²) in [5.41, 5.74) is 2.37. The molecule has 3 heterocycles. The fraction of sp³-hybridized carbons (Fsp3) is 0.615. The molecule has 3 saturated heterocycles. The molecule has 0 bridgehead atoms. The zero-order chi connectivity index (χ0) is 45.7. The van der Waals surface area contributed by atoms with Crippen LogP contribution in [0, 0.1) is 0 Å². The number of rotatable bonds is 10. The number of methoxy groups -OCH3 is 1. The second-order valence-electron chi connectivity index (χ2n) is 15.7. The van der Waals surface area contributed by atoms with E-state index in [4.69, 9.17) is 44.4 Å². The van der Waals surface area contributed by atoms with Gasteiger partial charge in [0.1, 0.15) is 78.8 Å². The van der Waals surface area contributed by atoms with Gasteiger partial charge < -0.3 is 101 Å². The third-order valence-corrected chi connectivity index (χ3v) is 11.9. The maximum Gasteiger partial charge on any atom is 0.224 e. The minimum atomic E-state index is -2.24. The van der Waals surface area contributed by atoms with Crippen molar-refractivity contribution >= 4 is 17.3 Å². The van der Waals surface area contributed by atoms with Crippen LogP contribution in [-0.2, 0) is 34.9 Å². The van der Waals surface area contributed by atoms with E-state index in [0.29, 0.717) is 0 Å². The van der Waals surface area contributed by atoms with Crippen molar-refractivity contribution in [2.45, 2.75) is 117 Å². The number of phenols is 2. The van der Waals surface area contributed by atoms with E-state index in [1.807, 2.05) is 0 Å². The molecule has 3 aliphatic heterocycles. The number of hydrogen-bond donors (Lipinski definition) is 14. The third-order valence-electron chi connectivity index (χ3n) is 11.9. The van der Waals surface area contributed by atoms with Crippen LogP contribution in [0.15, 0.2) is 18.2 Å². The van der Waals surface area contributed by atoms with Crippen LogP contribution in [-0.4, -0.2) is 202 Å². The molecule has 344 valence electrons. The third kappa shape index (κ3) is 8.11. The van der Waals surface area contributed by atoms with Crippen molar-refractivity contribution < 1.29 is 109 Å². The Morgan fingerprint density at radius 3 is 2.10 bits per heavy atom. The lowest BCUT2D eigenvalue weighted by Crippen LogP contribution is -2.62. The summed E-state index contributed by atoms with van der Waals surface area (Å²) in [6, 6.07) is 3.64. The van der Waals surface area contributed by atoms with E-state index in [1.165, 1.54) is 25.3 Å². The summed E-state index contributed by atoms with van der Waals surface area (Å²) < 4.78 is 32.4. The lowest BCUT2D eigenvalue weighted by Gasteiger charge is -2.43. The monoisotopic (exact) mass is 885 g/mol. The van der Waals surface area contributed by atoms with E-state index in [-0.39, 0.29) is 34.4 Å². The lowest BCUT2D eigenvalue weighted by atomic mass is 9.72. The number of ether oxygens (including phenoxy) is 6. The molecule has 15 N–H and O–H groups in total. The zero-order valence-electron chi connectivity index (χ0n) is 33.3. The summed E-state index contributed by atoms with van der Waals surface area (Å²) in [6.45, 7) is -1.76. The molecule has 23 nitrogen and oxygen atoms in total. The summed E-state index contributed by atoms with van der Waals surface area (Å²) in [7, 11) is 1.32. The maximum absolute atomic E-state index is 13.6. The molecule has 62 heavy (non-hydrogen) atoms. The van der Waals surface area contributed by atoms with Crippen LogP contribution in [0.1, 0.15) is 68.8 Å². The fourth-order valence-corrected chi connectivity index (χ4v) is 8.38. The molecule has 0 aromatic heterocycles. The predicted molar refractivity (Wildman–Crippen MR) is 200 cm³/mol. The number of ketones is 3. The second-order valence-corrected chi connectivity index (χ2v) is 15.7. The topological polar surface area (TPSA) is 396 Å². The Labute approximate surface area is 351 Å². The number of nitrogens with two attached hydrogens (primary N) is 1. The molecule has 15 atom stereocenters. The first-order chi connectivity index (χ1) is 29.2. The number of fused-ring (bicyclic) bond motifs is 3. The molecule has 2 aliphatic carbocycles. The van der Waals surface area contributed by atoms with Crippen LogP contribution < -0.4 is 10.5 Å². The molecule has 7 rings (SSSR count). The molecule has 0 amide bonds. The van der Waals surface area contributed by atoms with Gasteiger partial charge in [0.05, 0.1) is 55.3 Å². The summed E-state index contributed by atoms with van der Waals surface area (Å²) in [4.78, 5) is 39.7. The number of benzene rings is 2. The molecule has 3 fully saturated rings. The van der Waals surface area contributed by atoms with Crippen molar-refractivity contribution in [3.05, 3.63) is 51.6 Å². The molecule has 0 saturated carbocycles. The first kappa shape index (κ1) is 47.6. The van der Waals surface area contributed by atoms with Crippen molar-refractivity contribution in [3.63, 3.8) is 0 Å². The van der Waals surface area contributed by atoms with Gasteiger partial charge in [-0.1, -0.05) is 12.1 Å². The van der Waals surface area contributed by atoms with Crippen LogP contribution >= 0.6 is 0 Å². The van der Waals surface area contributed by atoms with Gasteiger partial charge in [0.15, 0.2) is 24.1 Å². The van der Waals surface area contributed by atoms with E-state index in [0.717, 1.165) is 0 Å². The SMILES string of the molecule is COc1cccc2c1C(=O)c1c(O)c3c(c(O)c1C2=O)C[C@@](O)(C(=O)CO)C[C@@H]3O[C@H]1C[C@H](N)[C@H](O)[C@H](C)O1.OC[C@H]1O[C@@](CO)(O[C@H]2O[C@H](CO)[C@@H](O)[C@H](O)[C@H]2O)[C@@H](O)[C@@H]1O. The fourth-order valence-electron chi connectivity index (χ4n) is 8.38. The van der Waals surface area contributed by atoms with Gasteiger partial charge >= 0.3 is 0 Å².